The topological polar surface area (TPSA) is 3.24 Å². The molecule has 0 saturated carbocycles. The van der Waals surface area contributed by atoms with Crippen LogP contribution in [-0.2, 0) is 0 Å². The summed E-state index contributed by atoms with van der Waals surface area (Å²) < 4.78 is 12.8. The predicted molar refractivity (Wildman–Crippen MR) is 39.3 cm³/mol. The summed E-state index contributed by atoms with van der Waals surface area (Å²) >= 11 is 0. The minimum atomic E-state index is -0.801. The van der Waals surface area contributed by atoms with Gasteiger partial charge in [-0.25, -0.2) is 4.39 Å². The Balaban J connectivity index is 2.46. The van der Waals surface area contributed by atoms with Crippen LogP contribution in [0.2, 0.25) is 0 Å². The average Bonchev–Trinajstić information content (AvgIpc) is 2.30. The van der Waals surface area contributed by atoms with Gasteiger partial charge in [-0.3, -0.25) is 4.90 Å². The Morgan fingerprint density at radius 2 is 2.40 bits per heavy atom. The molecule has 2 heteroatoms. The maximum absolute atomic E-state index is 12.8. The third kappa shape index (κ3) is 1.30. The van der Waals surface area contributed by atoms with E-state index in [9.17, 15) is 4.39 Å². The lowest BCUT2D eigenvalue weighted by atomic mass is 10.1. The molecule has 10 heavy (non-hydrogen) atoms. The van der Waals surface area contributed by atoms with E-state index in [2.05, 4.69) is 5.92 Å². The number of alkyl halides is 1. The van der Waals surface area contributed by atoms with Gasteiger partial charge in [-0.1, -0.05) is 12.8 Å². The highest BCUT2D eigenvalue weighted by atomic mass is 19.1. The molecule has 0 aromatic heterocycles. The second-order valence-corrected chi connectivity index (χ2v) is 2.64. The van der Waals surface area contributed by atoms with E-state index in [1.165, 1.54) is 0 Å². The number of rotatable bonds is 1. The van der Waals surface area contributed by atoms with Crippen molar-refractivity contribution in [2.75, 3.05) is 19.6 Å². The fourth-order valence-electron chi connectivity index (χ4n) is 1.26. The summed E-state index contributed by atoms with van der Waals surface area (Å²) in [6, 6.07) is 0. The minimum Gasteiger partial charge on any atom is -0.299 e. The van der Waals surface area contributed by atoms with Crippen molar-refractivity contribution in [2.24, 2.45) is 5.92 Å². The van der Waals surface area contributed by atoms with Gasteiger partial charge < -0.3 is 0 Å². The van der Waals surface area contributed by atoms with Crippen LogP contribution in [0.25, 0.3) is 0 Å². The molecule has 56 valence electrons. The molecule has 2 atom stereocenters. The molecule has 1 aliphatic heterocycles. The molecule has 0 radical (unpaired) electrons. The van der Waals surface area contributed by atoms with Crippen LogP contribution >= 0.6 is 0 Å². The molecule has 1 saturated heterocycles. The van der Waals surface area contributed by atoms with Gasteiger partial charge in [-0.2, -0.15) is 0 Å². The number of halogens is 1. The van der Waals surface area contributed by atoms with Crippen molar-refractivity contribution in [3.05, 3.63) is 0 Å². The van der Waals surface area contributed by atoms with E-state index in [1.807, 2.05) is 11.8 Å². The Kier molecular flexibility index (Phi) is 2.29. The van der Waals surface area contributed by atoms with Crippen LogP contribution in [0.1, 0.15) is 6.92 Å². The van der Waals surface area contributed by atoms with Gasteiger partial charge in [0.2, 0.25) is 0 Å². The van der Waals surface area contributed by atoms with E-state index < -0.39 is 6.17 Å². The van der Waals surface area contributed by atoms with E-state index in [1.54, 1.807) is 0 Å². The molecular formula is C8H12FN. The van der Waals surface area contributed by atoms with Crippen molar-refractivity contribution in [1.82, 2.24) is 4.90 Å². The van der Waals surface area contributed by atoms with Crippen molar-refractivity contribution in [3.8, 4) is 12.3 Å². The van der Waals surface area contributed by atoms with Crippen LogP contribution in [0.15, 0.2) is 0 Å². The fourth-order valence-corrected chi connectivity index (χ4v) is 1.26. The van der Waals surface area contributed by atoms with Crippen LogP contribution in [0.5, 0.6) is 0 Å². The van der Waals surface area contributed by atoms with Gasteiger partial charge >= 0.3 is 0 Å². The summed E-state index contributed by atoms with van der Waals surface area (Å²) in [4.78, 5) is 2.04. The Labute approximate surface area is 61.2 Å². The summed E-state index contributed by atoms with van der Waals surface area (Å²) in [5.41, 5.74) is 0. The highest BCUT2D eigenvalue weighted by molar-refractivity contribution is 5.02. The summed E-state index contributed by atoms with van der Waals surface area (Å²) in [5, 5.41) is 0. The van der Waals surface area contributed by atoms with E-state index >= 15 is 0 Å². The Morgan fingerprint density at radius 3 is 2.70 bits per heavy atom. The largest absolute Gasteiger partial charge is 0.299 e. The summed E-state index contributed by atoms with van der Waals surface area (Å²) in [6.07, 6.45) is 4.32. The first-order chi connectivity index (χ1) is 4.77. The Hall–Kier alpha value is -0.550. The van der Waals surface area contributed by atoms with Gasteiger partial charge in [0.05, 0.1) is 5.92 Å². The fraction of sp³-hybridized carbons (Fsp3) is 0.750. The lowest BCUT2D eigenvalue weighted by Crippen LogP contribution is -2.20. The maximum Gasteiger partial charge on any atom is 0.128 e. The molecule has 0 aromatic rings. The van der Waals surface area contributed by atoms with E-state index in [-0.39, 0.29) is 5.92 Å². The second-order valence-electron chi connectivity index (χ2n) is 2.64. The minimum absolute atomic E-state index is 0.167. The zero-order valence-corrected chi connectivity index (χ0v) is 6.18. The predicted octanol–water partition coefficient (Wildman–Crippen LogP) is 0.909. The van der Waals surface area contributed by atoms with E-state index in [0.29, 0.717) is 6.54 Å². The van der Waals surface area contributed by atoms with Gasteiger partial charge in [0.1, 0.15) is 6.17 Å². The maximum atomic E-state index is 12.8. The number of hydrogen-bond donors (Lipinski definition) is 0. The standard InChI is InChI=1S/C8H12FN/c1-3-7-5-10(4-2)6-8(7)9/h1,7-8H,4-6H2,2H3/t7-,8+/m0/s1. The Bertz CT molecular complexity index is 150. The molecule has 0 bridgehead atoms. The molecule has 0 N–H and O–H groups in total. The zero-order valence-electron chi connectivity index (χ0n) is 6.18. The van der Waals surface area contributed by atoms with Gasteiger partial charge in [0.15, 0.2) is 0 Å². The van der Waals surface area contributed by atoms with Crippen molar-refractivity contribution >= 4 is 0 Å². The smallest absolute Gasteiger partial charge is 0.128 e. The lowest BCUT2D eigenvalue weighted by molar-refractivity contribution is 0.290. The van der Waals surface area contributed by atoms with Gasteiger partial charge in [0.25, 0.3) is 0 Å². The van der Waals surface area contributed by atoms with Crippen LogP contribution < -0.4 is 0 Å². The van der Waals surface area contributed by atoms with Gasteiger partial charge in [0, 0.05) is 13.1 Å². The molecule has 1 nitrogen and oxygen atoms in total. The van der Waals surface area contributed by atoms with E-state index in [0.717, 1.165) is 13.1 Å². The van der Waals surface area contributed by atoms with E-state index in [4.69, 9.17) is 6.42 Å². The summed E-state index contributed by atoms with van der Waals surface area (Å²) in [7, 11) is 0. The highest BCUT2D eigenvalue weighted by Crippen LogP contribution is 2.18. The van der Waals surface area contributed by atoms with Crippen LogP contribution in [0, 0.1) is 18.3 Å². The van der Waals surface area contributed by atoms with Crippen molar-refractivity contribution in [1.29, 1.82) is 0 Å². The average molecular weight is 141 g/mol. The normalized spacial score (nSPS) is 34.1. The molecule has 0 unspecified atom stereocenters. The summed E-state index contributed by atoms with van der Waals surface area (Å²) in [6.45, 7) is 4.17. The second kappa shape index (κ2) is 3.03. The first-order valence-corrected chi connectivity index (χ1v) is 3.60. The number of likely N-dealkylation sites (tertiary alicyclic amines) is 1. The van der Waals surface area contributed by atoms with Gasteiger partial charge in [-0.15, -0.1) is 6.42 Å². The number of hydrogen-bond acceptors (Lipinski definition) is 1. The zero-order chi connectivity index (χ0) is 7.56. The molecule has 0 aromatic carbocycles. The van der Waals surface area contributed by atoms with Gasteiger partial charge in [-0.05, 0) is 6.54 Å². The molecule has 0 aliphatic carbocycles. The molecule has 0 amide bonds. The first kappa shape index (κ1) is 7.56. The Morgan fingerprint density at radius 1 is 1.70 bits per heavy atom. The molecule has 0 spiro atoms. The quantitative estimate of drug-likeness (QED) is 0.491. The van der Waals surface area contributed by atoms with Crippen molar-refractivity contribution < 1.29 is 4.39 Å². The third-order valence-corrected chi connectivity index (χ3v) is 1.99. The third-order valence-electron chi connectivity index (χ3n) is 1.99. The lowest BCUT2D eigenvalue weighted by Gasteiger charge is -2.09. The molecule has 1 aliphatic rings. The first-order valence-electron chi connectivity index (χ1n) is 3.60. The molecule has 1 fully saturated rings. The van der Waals surface area contributed by atoms with Crippen molar-refractivity contribution in [3.63, 3.8) is 0 Å². The van der Waals surface area contributed by atoms with Crippen LogP contribution in [-0.4, -0.2) is 30.7 Å². The summed E-state index contributed by atoms with van der Waals surface area (Å²) in [5.74, 6) is 2.29. The van der Waals surface area contributed by atoms with Crippen LogP contribution in [0.3, 0.4) is 0 Å². The monoisotopic (exact) mass is 141 g/mol. The molecular weight excluding hydrogens is 129 g/mol. The molecule has 1 heterocycles. The number of nitrogens with zero attached hydrogens (tertiary/aromatic N) is 1. The van der Waals surface area contributed by atoms with Crippen molar-refractivity contribution in [2.45, 2.75) is 13.1 Å². The SMILES string of the molecule is C#C[C@H]1CN(CC)C[C@H]1F. The number of terminal acetylenes is 1. The highest BCUT2D eigenvalue weighted by Gasteiger charge is 2.29. The van der Waals surface area contributed by atoms with Crippen LogP contribution in [0.4, 0.5) is 4.39 Å². The molecule has 1 rings (SSSR count).